The smallest absolute Gasteiger partial charge is 0.229 e. The van der Waals surface area contributed by atoms with Crippen LogP contribution >= 0.6 is 0 Å². The Bertz CT molecular complexity index is 1170. The standard InChI is InChI=1S/C17H19N7.C9H11NO/c1-2-10-23(11-3-1)16-8-9-19-17(22-16)21-14-4-6-15(7-5-14)24-13-18-12-20-24;1-8-2-4-9(5-3-8)6-10-7-11/h4-9,12-13H,1-3,10-11H2,(H,19,21,22);2-5,7H,6H2,1H3,(H,10,11). The van der Waals surface area contributed by atoms with E-state index in [-0.39, 0.29) is 0 Å². The number of nitrogens with zero attached hydrogens (tertiary/aromatic N) is 6. The number of amides is 1. The molecule has 0 spiro atoms. The summed E-state index contributed by atoms with van der Waals surface area (Å²) in [5, 5.41) is 9.98. The van der Waals surface area contributed by atoms with Crippen LogP contribution in [-0.4, -0.2) is 44.2 Å². The van der Waals surface area contributed by atoms with Crippen LogP contribution in [0.5, 0.6) is 0 Å². The van der Waals surface area contributed by atoms with E-state index in [1.165, 1.54) is 31.2 Å². The molecule has 3 heterocycles. The number of aryl methyl sites for hydroxylation is 1. The van der Waals surface area contributed by atoms with Gasteiger partial charge in [0.25, 0.3) is 0 Å². The molecule has 2 aromatic carbocycles. The number of hydrogen-bond acceptors (Lipinski definition) is 7. The highest BCUT2D eigenvalue weighted by atomic mass is 16.1. The summed E-state index contributed by atoms with van der Waals surface area (Å²) in [6, 6.07) is 18.0. The first-order valence-electron chi connectivity index (χ1n) is 11.7. The number of hydrogen-bond donors (Lipinski definition) is 2. The molecular formula is C26H30N8O. The van der Waals surface area contributed by atoms with Gasteiger partial charge in [-0.2, -0.15) is 10.1 Å². The topological polar surface area (TPSA) is 101 Å². The lowest BCUT2D eigenvalue weighted by Crippen LogP contribution is -2.30. The first-order valence-corrected chi connectivity index (χ1v) is 11.7. The number of rotatable bonds is 7. The number of benzene rings is 2. The molecule has 1 saturated heterocycles. The van der Waals surface area contributed by atoms with Crippen molar-refractivity contribution < 1.29 is 4.79 Å². The third-order valence-corrected chi connectivity index (χ3v) is 5.64. The van der Waals surface area contributed by atoms with E-state index in [9.17, 15) is 4.79 Å². The minimum absolute atomic E-state index is 0.615. The average Bonchev–Trinajstić information content (AvgIpc) is 3.45. The molecule has 35 heavy (non-hydrogen) atoms. The predicted molar refractivity (Wildman–Crippen MR) is 137 cm³/mol. The van der Waals surface area contributed by atoms with Crippen LogP contribution < -0.4 is 15.5 Å². The lowest BCUT2D eigenvalue weighted by molar-refractivity contribution is -0.109. The Hall–Kier alpha value is -4.27. The van der Waals surface area contributed by atoms with Crippen LogP contribution in [0.3, 0.4) is 0 Å². The van der Waals surface area contributed by atoms with Crippen molar-refractivity contribution in [2.24, 2.45) is 0 Å². The summed E-state index contributed by atoms with van der Waals surface area (Å²) in [5.74, 6) is 1.61. The maximum absolute atomic E-state index is 9.93. The lowest BCUT2D eigenvalue weighted by atomic mass is 10.1. The van der Waals surface area contributed by atoms with Gasteiger partial charge in [0, 0.05) is 31.5 Å². The van der Waals surface area contributed by atoms with Crippen molar-refractivity contribution in [3.63, 3.8) is 0 Å². The zero-order valence-electron chi connectivity index (χ0n) is 19.8. The van der Waals surface area contributed by atoms with Gasteiger partial charge in [0.05, 0.1) is 5.69 Å². The highest BCUT2D eigenvalue weighted by Gasteiger charge is 2.12. The first kappa shape index (κ1) is 23.9. The molecule has 2 N–H and O–H groups in total. The fourth-order valence-corrected chi connectivity index (χ4v) is 3.74. The second-order valence-electron chi connectivity index (χ2n) is 8.28. The van der Waals surface area contributed by atoms with E-state index in [1.54, 1.807) is 11.0 Å². The second kappa shape index (κ2) is 12.3. The molecule has 0 saturated carbocycles. The molecule has 0 aliphatic carbocycles. The van der Waals surface area contributed by atoms with Crippen LogP contribution in [0.15, 0.2) is 73.4 Å². The molecule has 1 aliphatic heterocycles. The van der Waals surface area contributed by atoms with Gasteiger partial charge in [0.2, 0.25) is 12.4 Å². The van der Waals surface area contributed by atoms with E-state index in [0.717, 1.165) is 35.8 Å². The summed E-state index contributed by atoms with van der Waals surface area (Å²) in [5.41, 5.74) is 4.26. The van der Waals surface area contributed by atoms with Crippen molar-refractivity contribution in [2.45, 2.75) is 32.7 Å². The van der Waals surface area contributed by atoms with Gasteiger partial charge in [-0.1, -0.05) is 29.8 Å². The molecule has 0 bridgehead atoms. The Morgan fingerprint density at radius 3 is 2.43 bits per heavy atom. The number of carbonyl (C=O) groups excluding carboxylic acids is 1. The number of carbonyl (C=O) groups is 1. The highest BCUT2D eigenvalue weighted by Crippen LogP contribution is 2.20. The van der Waals surface area contributed by atoms with Gasteiger partial charge in [-0.15, -0.1) is 0 Å². The van der Waals surface area contributed by atoms with E-state index >= 15 is 0 Å². The third-order valence-electron chi connectivity index (χ3n) is 5.64. The SMILES string of the molecule is Cc1ccc(CNC=O)cc1.c1cc(N2CCCCC2)nc(Nc2ccc(-n3cncn3)cc2)n1. The fraction of sp³-hybridized carbons (Fsp3) is 0.269. The zero-order valence-corrected chi connectivity index (χ0v) is 19.8. The Kier molecular flexibility index (Phi) is 8.37. The van der Waals surface area contributed by atoms with Crippen LogP contribution in [-0.2, 0) is 11.3 Å². The molecule has 180 valence electrons. The van der Waals surface area contributed by atoms with Crippen molar-refractivity contribution >= 4 is 23.9 Å². The summed E-state index contributed by atoms with van der Waals surface area (Å²) in [4.78, 5) is 25.2. The number of nitrogens with one attached hydrogen (secondary N) is 2. The highest BCUT2D eigenvalue weighted by molar-refractivity contribution is 5.57. The minimum Gasteiger partial charge on any atom is -0.356 e. The lowest BCUT2D eigenvalue weighted by Gasteiger charge is -2.27. The van der Waals surface area contributed by atoms with Gasteiger partial charge >= 0.3 is 0 Å². The van der Waals surface area contributed by atoms with Crippen molar-refractivity contribution in [1.82, 2.24) is 30.0 Å². The molecule has 2 aromatic heterocycles. The van der Waals surface area contributed by atoms with E-state index in [4.69, 9.17) is 0 Å². The molecule has 5 rings (SSSR count). The molecule has 0 atom stereocenters. The zero-order chi connectivity index (χ0) is 24.3. The normalized spacial score (nSPS) is 12.9. The number of piperidine rings is 1. The second-order valence-corrected chi connectivity index (χ2v) is 8.28. The summed E-state index contributed by atoms with van der Waals surface area (Å²) in [6.07, 6.45) is 9.49. The largest absolute Gasteiger partial charge is 0.356 e. The molecule has 0 radical (unpaired) electrons. The van der Waals surface area contributed by atoms with Gasteiger partial charge in [-0.05, 0) is 62.1 Å². The summed E-state index contributed by atoms with van der Waals surface area (Å²) in [7, 11) is 0. The van der Waals surface area contributed by atoms with Crippen LogP contribution in [0.25, 0.3) is 5.69 Å². The predicted octanol–water partition coefficient (Wildman–Crippen LogP) is 4.03. The van der Waals surface area contributed by atoms with E-state index in [1.807, 2.05) is 67.7 Å². The first-order chi connectivity index (χ1) is 17.2. The van der Waals surface area contributed by atoms with Crippen LogP contribution in [0.2, 0.25) is 0 Å². The van der Waals surface area contributed by atoms with Gasteiger partial charge in [-0.25, -0.2) is 14.6 Å². The fourth-order valence-electron chi connectivity index (χ4n) is 3.74. The Morgan fingerprint density at radius 2 is 1.74 bits per heavy atom. The van der Waals surface area contributed by atoms with Crippen molar-refractivity contribution in [3.05, 3.63) is 84.6 Å². The van der Waals surface area contributed by atoms with Crippen molar-refractivity contribution in [2.75, 3.05) is 23.3 Å². The molecule has 1 amide bonds. The molecule has 4 aromatic rings. The molecular weight excluding hydrogens is 440 g/mol. The molecule has 1 fully saturated rings. The quantitative estimate of drug-likeness (QED) is 0.393. The average molecular weight is 471 g/mol. The summed E-state index contributed by atoms with van der Waals surface area (Å²) >= 11 is 0. The Morgan fingerprint density at radius 1 is 0.971 bits per heavy atom. The number of anilines is 3. The molecule has 1 aliphatic rings. The van der Waals surface area contributed by atoms with Gasteiger partial charge < -0.3 is 15.5 Å². The maximum Gasteiger partial charge on any atom is 0.229 e. The van der Waals surface area contributed by atoms with Crippen molar-refractivity contribution in [1.29, 1.82) is 0 Å². The van der Waals surface area contributed by atoms with Crippen LogP contribution in [0.1, 0.15) is 30.4 Å². The maximum atomic E-state index is 9.93. The third kappa shape index (κ3) is 7.10. The van der Waals surface area contributed by atoms with Gasteiger partial charge in [0.1, 0.15) is 18.5 Å². The monoisotopic (exact) mass is 470 g/mol. The summed E-state index contributed by atoms with van der Waals surface area (Å²) in [6.45, 7) is 4.80. The number of aromatic nitrogens is 5. The Balaban J connectivity index is 0.000000221. The molecule has 9 heteroatoms. The van der Waals surface area contributed by atoms with Crippen LogP contribution in [0.4, 0.5) is 17.5 Å². The van der Waals surface area contributed by atoms with E-state index in [0.29, 0.717) is 18.9 Å². The van der Waals surface area contributed by atoms with Gasteiger partial charge in [0.15, 0.2) is 0 Å². The summed E-state index contributed by atoms with van der Waals surface area (Å²) < 4.78 is 1.72. The minimum atomic E-state index is 0.615. The van der Waals surface area contributed by atoms with Crippen LogP contribution in [0, 0.1) is 6.92 Å². The Labute approximate surface area is 205 Å². The van der Waals surface area contributed by atoms with E-state index in [2.05, 4.69) is 35.6 Å². The van der Waals surface area contributed by atoms with Crippen molar-refractivity contribution in [3.8, 4) is 5.69 Å². The molecule has 0 unspecified atom stereocenters. The van der Waals surface area contributed by atoms with E-state index < -0.39 is 0 Å². The molecule has 9 nitrogen and oxygen atoms in total. The van der Waals surface area contributed by atoms with Gasteiger partial charge in [-0.3, -0.25) is 4.79 Å².